The van der Waals surface area contributed by atoms with Crippen molar-refractivity contribution in [3.63, 3.8) is 0 Å². The first-order chi connectivity index (χ1) is 23.3. The summed E-state index contributed by atoms with van der Waals surface area (Å²) in [5.41, 5.74) is 0. The highest BCUT2D eigenvalue weighted by Crippen LogP contribution is 2.17. The normalized spacial score (nSPS) is 15.0. The summed E-state index contributed by atoms with van der Waals surface area (Å²) in [7, 11) is 5.91. The lowest BCUT2D eigenvalue weighted by Gasteiger charge is -2.35. The molecule has 4 N–H and O–H groups in total. The Hall–Kier alpha value is -3.75. The number of carbonyl (C=O) groups excluding carboxylic acids is 7. The van der Waals surface area contributed by atoms with Gasteiger partial charge in [0.05, 0.1) is 6.54 Å². The van der Waals surface area contributed by atoms with E-state index in [4.69, 9.17) is 0 Å². The summed E-state index contributed by atoms with van der Waals surface area (Å²) < 4.78 is 0. The molecular formula is C36H67N7O8. The van der Waals surface area contributed by atoms with E-state index >= 15 is 0 Å². The van der Waals surface area contributed by atoms with Crippen molar-refractivity contribution in [2.45, 2.75) is 132 Å². The van der Waals surface area contributed by atoms with Gasteiger partial charge >= 0.3 is 0 Å². The summed E-state index contributed by atoms with van der Waals surface area (Å²) in [5, 5.41) is 18.4. The van der Waals surface area contributed by atoms with E-state index in [2.05, 4.69) is 16.0 Å². The summed E-state index contributed by atoms with van der Waals surface area (Å²) in [5.74, 6) is -3.73. The van der Waals surface area contributed by atoms with Crippen molar-refractivity contribution in [2.75, 3.05) is 34.7 Å². The lowest BCUT2D eigenvalue weighted by atomic mass is 9.97. The van der Waals surface area contributed by atoms with Crippen molar-refractivity contribution in [3.05, 3.63) is 0 Å². The molecule has 0 spiro atoms. The van der Waals surface area contributed by atoms with Gasteiger partial charge < -0.3 is 40.7 Å². The van der Waals surface area contributed by atoms with E-state index in [1.807, 2.05) is 41.5 Å². The topological polar surface area (TPSA) is 189 Å². The Bertz CT molecular complexity index is 1210. The van der Waals surface area contributed by atoms with Gasteiger partial charge in [0.25, 0.3) is 0 Å². The van der Waals surface area contributed by atoms with Crippen molar-refractivity contribution in [2.24, 2.45) is 23.7 Å². The van der Waals surface area contributed by atoms with Gasteiger partial charge in [-0.2, -0.15) is 0 Å². The second-order valence-electron chi connectivity index (χ2n) is 15.4. The maximum Gasteiger partial charge on any atom is 0.246 e. The number of nitrogens with one attached hydrogen (secondary N) is 3. The highest BCUT2D eigenvalue weighted by molar-refractivity contribution is 5.96. The van der Waals surface area contributed by atoms with Gasteiger partial charge in [-0.15, -0.1) is 0 Å². The monoisotopic (exact) mass is 726 g/mol. The summed E-state index contributed by atoms with van der Waals surface area (Å²) in [6.45, 7) is 19.0. The Labute approximate surface area is 305 Å². The third-order valence-electron chi connectivity index (χ3n) is 8.77. The fourth-order valence-corrected chi connectivity index (χ4v) is 5.32. The van der Waals surface area contributed by atoms with E-state index in [9.17, 15) is 38.7 Å². The third kappa shape index (κ3) is 15.6. The smallest absolute Gasteiger partial charge is 0.246 e. The molecule has 0 saturated carbocycles. The quantitative estimate of drug-likeness (QED) is 0.135. The third-order valence-corrected chi connectivity index (χ3v) is 8.77. The molecule has 0 aliphatic heterocycles. The maximum atomic E-state index is 14.0. The number of aliphatic hydroxyl groups excluding tert-OH is 1. The van der Waals surface area contributed by atoms with Gasteiger partial charge in [-0.3, -0.25) is 33.6 Å². The molecule has 7 amide bonds. The molecule has 6 atom stereocenters. The summed E-state index contributed by atoms with van der Waals surface area (Å²) in [6, 6.07) is -5.00. The van der Waals surface area contributed by atoms with E-state index in [1.165, 1.54) is 68.6 Å². The van der Waals surface area contributed by atoms with E-state index in [0.29, 0.717) is 12.8 Å². The van der Waals surface area contributed by atoms with Crippen LogP contribution in [0.3, 0.4) is 0 Å². The SMILES string of the molecule is CC(=O)N(C)CC(=O)N(C)[C@@H](CC(C)C)C(=O)NC(C(=O)N(C)[C@@H](CC(C)C)C(=O)N[C@@H](C)C(=O)N[C@H](C)C(=O)N(C)[C@H](O)CC(C)C)C(C)C. The number of hydrogen-bond donors (Lipinski definition) is 4. The average Bonchev–Trinajstić information content (AvgIpc) is 3.01. The fourth-order valence-electron chi connectivity index (χ4n) is 5.32. The molecule has 51 heavy (non-hydrogen) atoms. The number of likely N-dealkylation sites (N-methyl/N-ethyl adjacent to an activating group) is 4. The van der Waals surface area contributed by atoms with Gasteiger partial charge in [-0.25, -0.2) is 0 Å². The lowest BCUT2D eigenvalue weighted by molar-refractivity contribution is -0.146. The van der Waals surface area contributed by atoms with Crippen LogP contribution in [0.4, 0.5) is 0 Å². The predicted molar refractivity (Wildman–Crippen MR) is 196 cm³/mol. The number of nitrogens with zero attached hydrogens (tertiary/aromatic N) is 4. The van der Waals surface area contributed by atoms with Gasteiger partial charge in [0.15, 0.2) is 0 Å². The standard InChI is InChI=1S/C36H67N7O8/c1-20(2)16-27(41(13)30(46)19-40(12)26(11)44)34(49)39-31(23(7)8)36(51)42(14)28(17-21(3)4)33(48)37-24(9)32(47)38-25(10)35(50)43(15)29(45)18-22(5)6/h20-25,27-29,31,45H,16-19H2,1-15H3,(H,37,48)(H,38,47)(H,39,49)/t24-,25+,27-,28-,29+,31?/m0/s1. The van der Waals surface area contributed by atoms with Crippen LogP contribution in [0, 0.1) is 23.7 Å². The van der Waals surface area contributed by atoms with Crippen molar-refractivity contribution < 1.29 is 38.7 Å². The van der Waals surface area contributed by atoms with Crippen LogP contribution in [0.2, 0.25) is 0 Å². The van der Waals surface area contributed by atoms with Crippen LogP contribution in [-0.2, 0) is 33.6 Å². The zero-order valence-corrected chi connectivity index (χ0v) is 33.7. The molecule has 0 radical (unpaired) electrons. The van der Waals surface area contributed by atoms with Crippen LogP contribution in [0.5, 0.6) is 0 Å². The Morgan fingerprint density at radius 1 is 0.549 bits per heavy atom. The Balaban J connectivity index is 5.99. The predicted octanol–water partition coefficient (Wildman–Crippen LogP) is 1.18. The number of rotatable bonds is 20. The molecule has 15 heteroatoms. The fraction of sp³-hybridized carbons (Fsp3) is 0.806. The molecule has 0 heterocycles. The molecular weight excluding hydrogens is 658 g/mol. The summed E-state index contributed by atoms with van der Waals surface area (Å²) in [6.07, 6.45) is -0.0760. The Kier molecular flexibility index (Phi) is 20.0. The zero-order chi connectivity index (χ0) is 40.1. The second-order valence-corrected chi connectivity index (χ2v) is 15.4. The minimum absolute atomic E-state index is 0.0224. The van der Waals surface area contributed by atoms with E-state index < -0.39 is 77.8 Å². The first-order valence-corrected chi connectivity index (χ1v) is 17.9. The highest BCUT2D eigenvalue weighted by Gasteiger charge is 2.37. The van der Waals surface area contributed by atoms with E-state index in [0.717, 1.165) is 0 Å². The molecule has 0 aromatic heterocycles. The molecule has 0 aliphatic carbocycles. The van der Waals surface area contributed by atoms with Gasteiger partial charge in [0, 0.05) is 35.1 Å². The van der Waals surface area contributed by atoms with Gasteiger partial charge in [0.1, 0.15) is 36.4 Å². The number of hydrogen-bond acceptors (Lipinski definition) is 8. The molecule has 0 saturated heterocycles. The first kappa shape index (κ1) is 47.2. The molecule has 0 bridgehead atoms. The van der Waals surface area contributed by atoms with Crippen LogP contribution in [-0.4, -0.2) is 137 Å². The Morgan fingerprint density at radius 2 is 0.980 bits per heavy atom. The number of amides is 7. The molecule has 294 valence electrons. The van der Waals surface area contributed by atoms with Crippen LogP contribution < -0.4 is 16.0 Å². The number of carbonyl (C=O) groups is 7. The minimum atomic E-state index is -1.07. The van der Waals surface area contributed by atoms with E-state index in [-0.39, 0.29) is 36.6 Å². The summed E-state index contributed by atoms with van der Waals surface area (Å²) in [4.78, 5) is 96.9. The lowest BCUT2D eigenvalue weighted by Crippen LogP contribution is -2.60. The second kappa shape index (κ2) is 21.6. The first-order valence-electron chi connectivity index (χ1n) is 17.9. The number of aliphatic hydroxyl groups is 1. The molecule has 0 aliphatic rings. The molecule has 0 aromatic carbocycles. The minimum Gasteiger partial charge on any atom is -0.374 e. The molecule has 0 aromatic rings. The van der Waals surface area contributed by atoms with Crippen molar-refractivity contribution in [1.82, 2.24) is 35.6 Å². The van der Waals surface area contributed by atoms with Gasteiger partial charge in [-0.1, -0.05) is 55.4 Å². The molecule has 1 unspecified atom stereocenters. The van der Waals surface area contributed by atoms with Crippen LogP contribution in [0.1, 0.15) is 95.4 Å². The van der Waals surface area contributed by atoms with Crippen molar-refractivity contribution in [1.29, 1.82) is 0 Å². The Morgan fingerprint density at radius 3 is 1.41 bits per heavy atom. The van der Waals surface area contributed by atoms with E-state index in [1.54, 1.807) is 13.8 Å². The van der Waals surface area contributed by atoms with Crippen molar-refractivity contribution >= 4 is 41.4 Å². The van der Waals surface area contributed by atoms with Gasteiger partial charge in [-0.05, 0) is 56.8 Å². The summed E-state index contributed by atoms with van der Waals surface area (Å²) >= 11 is 0. The largest absolute Gasteiger partial charge is 0.374 e. The molecule has 0 fully saturated rings. The maximum absolute atomic E-state index is 14.0. The van der Waals surface area contributed by atoms with Crippen LogP contribution >= 0.6 is 0 Å². The zero-order valence-electron chi connectivity index (χ0n) is 33.7. The van der Waals surface area contributed by atoms with Crippen molar-refractivity contribution in [3.8, 4) is 0 Å². The highest BCUT2D eigenvalue weighted by atomic mass is 16.3. The molecule has 0 rings (SSSR count). The molecule has 15 nitrogen and oxygen atoms in total. The average molecular weight is 726 g/mol. The van der Waals surface area contributed by atoms with Crippen LogP contribution in [0.15, 0.2) is 0 Å². The van der Waals surface area contributed by atoms with Crippen LogP contribution in [0.25, 0.3) is 0 Å². The van der Waals surface area contributed by atoms with Gasteiger partial charge in [0.2, 0.25) is 41.4 Å².